The van der Waals surface area contributed by atoms with Gasteiger partial charge in [0.25, 0.3) is 5.91 Å². The van der Waals surface area contributed by atoms with Gasteiger partial charge in [0.2, 0.25) is 5.95 Å². The summed E-state index contributed by atoms with van der Waals surface area (Å²) in [5.74, 6) is -0.639. The normalized spacial score (nSPS) is 18.6. The van der Waals surface area contributed by atoms with Gasteiger partial charge in [0.1, 0.15) is 12.2 Å². The smallest absolute Gasteiger partial charge is 0.255 e. The van der Waals surface area contributed by atoms with Gasteiger partial charge in [0.15, 0.2) is 17.4 Å². The van der Waals surface area contributed by atoms with E-state index >= 15 is 0 Å². The molecule has 154 valence electrons. The summed E-state index contributed by atoms with van der Waals surface area (Å²) < 4.78 is 38.2. The van der Waals surface area contributed by atoms with Gasteiger partial charge in [0.05, 0.1) is 31.7 Å². The van der Waals surface area contributed by atoms with E-state index in [9.17, 15) is 13.6 Å². The maximum absolute atomic E-state index is 13.9. The lowest BCUT2D eigenvalue weighted by molar-refractivity contribution is -0.158. The van der Waals surface area contributed by atoms with Gasteiger partial charge in [-0.25, -0.2) is 18.7 Å². The minimum Gasteiger partial charge on any atom is -0.488 e. The monoisotopic (exact) mass is 405 g/mol. The van der Waals surface area contributed by atoms with Crippen molar-refractivity contribution in [2.75, 3.05) is 38.3 Å². The number of nitrogens with zero attached hydrogens (tertiary/aromatic N) is 5. The van der Waals surface area contributed by atoms with Crippen LogP contribution in [0.5, 0.6) is 5.75 Å². The first-order valence-corrected chi connectivity index (χ1v) is 9.34. The summed E-state index contributed by atoms with van der Waals surface area (Å²) in [5.41, 5.74) is -0.471. The van der Waals surface area contributed by atoms with Gasteiger partial charge in [-0.05, 0) is 0 Å². The average molecular weight is 405 g/mol. The molecule has 2 aliphatic heterocycles. The van der Waals surface area contributed by atoms with Crippen LogP contribution in [0.15, 0.2) is 24.8 Å². The summed E-state index contributed by atoms with van der Waals surface area (Å²) in [6, 6.07) is 0. The van der Waals surface area contributed by atoms with Crippen molar-refractivity contribution in [2.24, 2.45) is 0 Å². The second-order valence-corrected chi connectivity index (χ2v) is 7.07. The highest BCUT2D eigenvalue weighted by molar-refractivity contribution is 5.86. The van der Waals surface area contributed by atoms with Crippen LogP contribution in [0.25, 0.3) is 0 Å². The van der Waals surface area contributed by atoms with E-state index in [1.54, 1.807) is 4.90 Å². The van der Waals surface area contributed by atoms with Crippen LogP contribution < -0.4 is 9.64 Å². The highest BCUT2D eigenvalue weighted by atomic mass is 19.1. The lowest BCUT2D eigenvalue weighted by Gasteiger charge is -2.41. The van der Waals surface area contributed by atoms with E-state index in [4.69, 9.17) is 9.47 Å². The number of carbonyl (C=O) groups is 1. The Morgan fingerprint density at radius 2 is 1.86 bits per heavy atom. The van der Waals surface area contributed by atoms with Gasteiger partial charge in [-0.2, -0.15) is 0 Å². The quantitative estimate of drug-likeness (QED) is 0.767. The van der Waals surface area contributed by atoms with Crippen molar-refractivity contribution < 1.29 is 23.0 Å². The number of methoxy groups -OCH3 is 1. The van der Waals surface area contributed by atoms with Gasteiger partial charge in [0, 0.05) is 44.8 Å². The van der Waals surface area contributed by atoms with Crippen molar-refractivity contribution in [3.8, 4) is 5.75 Å². The van der Waals surface area contributed by atoms with Crippen molar-refractivity contribution in [2.45, 2.75) is 25.0 Å². The zero-order valence-electron chi connectivity index (χ0n) is 16.0. The molecule has 0 N–H and O–H groups in total. The molecule has 0 radical (unpaired) electrons. The largest absolute Gasteiger partial charge is 0.488 e. The molecular formula is C19H21F2N5O3. The molecule has 4 heterocycles. The van der Waals surface area contributed by atoms with Crippen LogP contribution in [0, 0.1) is 11.6 Å². The molecule has 0 aliphatic carbocycles. The van der Waals surface area contributed by atoms with Crippen LogP contribution in [0.4, 0.5) is 14.7 Å². The number of amides is 1. The van der Waals surface area contributed by atoms with E-state index < -0.39 is 17.2 Å². The second-order valence-electron chi connectivity index (χ2n) is 7.07. The van der Waals surface area contributed by atoms with Crippen molar-refractivity contribution in [3.05, 3.63) is 42.0 Å². The molecule has 0 unspecified atom stereocenters. The van der Waals surface area contributed by atoms with E-state index in [1.165, 1.54) is 13.3 Å². The van der Waals surface area contributed by atoms with Crippen molar-refractivity contribution >= 4 is 11.9 Å². The summed E-state index contributed by atoms with van der Waals surface area (Å²) in [7, 11) is 1.52. The number of piperidine rings is 1. The summed E-state index contributed by atoms with van der Waals surface area (Å²) in [5, 5.41) is 0. The van der Waals surface area contributed by atoms with Crippen LogP contribution in [-0.4, -0.2) is 64.7 Å². The third kappa shape index (κ3) is 3.71. The first kappa shape index (κ1) is 19.4. The molecule has 0 aromatic carbocycles. The van der Waals surface area contributed by atoms with Crippen LogP contribution in [0.2, 0.25) is 0 Å². The number of hydrogen-bond donors (Lipinski definition) is 0. The first-order valence-electron chi connectivity index (χ1n) is 9.34. The summed E-state index contributed by atoms with van der Waals surface area (Å²) >= 11 is 0. The van der Waals surface area contributed by atoms with Crippen molar-refractivity contribution in [1.29, 1.82) is 0 Å². The molecule has 1 fully saturated rings. The maximum atomic E-state index is 13.9. The standard InChI is InChI=1S/C19H21F2N5O3/c1-28-19(2-4-25(5-3-19)18-23-9-14(20)10-24-18)17(27)26-6-7-29-16-13(12-26)8-22-11-15(16)21/h8-11H,2-7,12H2,1H3. The lowest BCUT2D eigenvalue weighted by Crippen LogP contribution is -2.56. The van der Waals surface area contributed by atoms with Crippen LogP contribution in [0.1, 0.15) is 18.4 Å². The highest BCUT2D eigenvalue weighted by Crippen LogP contribution is 2.32. The SMILES string of the molecule is COC1(C(=O)N2CCOc3c(F)cncc3C2)CCN(c2ncc(F)cn2)CC1. The number of pyridine rings is 1. The van der Waals surface area contributed by atoms with Gasteiger partial charge in [-0.1, -0.05) is 0 Å². The molecule has 0 saturated carbocycles. The molecule has 10 heteroatoms. The molecule has 2 aromatic heterocycles. The number of anilines is 1. The van der Waals surface area contributed by atoms with Gasteiger partial charge < -0.3 is 19.3 Å². The Kier molecular flexibility index (Phi) is 5.27. The number of rotatable bonds is 3. The molecule has 2 aliphatic rings. The van der Waals surface area contributed by atoms with Gasteiger partial charge in [-0.15, -0.1) is 0 Å². The Hall–Kier alpha value is -2.88. The molecule has 0 bridgehead atoms. The Labute approximate surface area is 166 Å². The number of ether oxygens (including phenoxy) is 2. The molecule has 29 heavy (non-hydrogen) atoms. The Morgan fingerprint density at radius 3 is 2.55 bits per heavy atom. The van der Waals surface area contributed by atoms with E-state index in [1.807, 2.05) is 4.90 Å². The Morgan fingerprint density at radius 1 is 1.14 bits per heavy atom. The Balaban J connectivity index is 1.49. The fourth-order valence-electron chi connectivity index (χ4n) is 3.78. The molecule has 0 spiro atoms. The number of fused-ring (bicyclic) bond motifs is 1. The zero-order chi connectivity index (χ0) is 20.4. The van der Waals surface area contributed by atoms with E-state index in [2.05, 4.69) is 15.0 Å². The third-order valence-electron chi connectivity index (χ3n) is 5.42. The van der Waals surface area contributed by atoms with Gasteiger partial charge in [-0.3, -0.25) is 9.78 Å². The van der Waals surface area contributed by atoms with E-state index in [0.29, 0.717) is 44.0 Å². The molecule has 4 rings (SSSR count). The predicted octanol–water partition coefficient (Wildman–Crippen LogP) is 1.56. The summed E-state index contributed by atoms with van der Waals surface area (Å²) in [6.45, 7) is 1.69. The van der Waals surface area contributed by atoms with Crippen LogP contribution >= 0.6 is 0 Å². The molecule has 8 nitrogen and oxygen atoms in total. The van der Waals surface area contributed by atoms with Crippen molar-refractivity contribution in [3.63, 3.8) is 0 Å². The third-order valence-corrected chi connectivity index (χ3v) is 5.42. The molecule has 2 aromatic rings. The first-order chi connectivity index (χ1) is 14.0. The van der Waals surface area contributed by atoms with Gasteiger partial charge >= 0.3 is 0 Å². The van der Waals surface area contributed by atoms with Crippen LogP contribution in [-0.2, 0) is 16.1 Å². The number of halogens is 2. The van der Waals surface area contributed by atoms with Crippen molar-refractivity contribution in [1.82, 2.24) is 19.9 Å². The minimum absolute atomic E-state index is 0.144. The number of carbonyl (C=O) groups excluding carboxylic acids is 1. The van der Waals surface area contributed by atoms with E-state index in [0.717, 1.165) is 18.6 Å². The number of aromatic nitrogens is 3. The summed E-state index contributed by atoms with van der Waals surface area (Å²) in [6.07, 6.45) is 5.70. The summed E-state index contributed by atoms with van der Waals surface area (Å²) in [4.78, 5) is 28.8. The lowest BCUT2D eigenvalue weighted by atomic mass is 9.89. The zero-order valence-corrected chi connectivity index (χ0v) is 16.0. The van der Waals surface area contributed by atoms with E-state index in [-0.39, 0.29) is 24.8 Å². The highest BCUT2D eigenvalue weighted by Gasteiger charge is 2.45. The molecular weight excluding hydrogens is 384 g/mol. The fraction of sp³-hybridized carbons (Fsp3) is 0.474. The molecule has 1 saturated heterocycles. The topological polar surface area (TPSA) is 80.7 Å². The number of hydrogen-bond acceptors (Lipinski definition) is 7. The van der Waals surface area contributed by atoms with Crippen LogP contribution in [0.3, 0.4) is 0 Å². The minimum atomic E-state index is -0.998. The Bertz CT molecular complexity index is 888. The molecule has 1 amide bonds. The molecule has 0 atom stereocenters. The maximum Gasteiger partial charge on any atom is 0.255 e. The fourth-order valence-corrected chi connectivity index (χ4v) is 3.78. The predicted molar refractivity (Wildman–Crippen MR) is 98.3 cm³/mol. The second kappa shape index (κ2) is 7.86. The average Bonchev–Trinajstić information content (AvgIpc) is 2.97.